The Labute approximate surface area is 178 Å². The number of hydrogen-bond acceptors (Lipinski definition) is 4. The van der Waals surface area contributed by atoms with Gasteiger partial charge in [0.15, 0.2) is 0 Å². The second kappa shape index (κ2) is 7.18. The van der Waals surface area contributed by atoms with E-state index in [2.05, 4.69) is 4.98 Å². The van der Waals surface area contributed by atoms with Crippen molar-refractivity contribution in [1.29, 1.82) is 0 Å². The van der Waals surface area contributed by atoms with Crippen LogP contribution in [0.4, 0.5) is 0 Å². The summed E-state index contributed by atoms with van der Waals surface area (Å²) in [5, 5.41) is 21.2. The highest BCUT2D eigenvalue weighted by Gasteiger charge is 2.35. The Morgan fingerprint density at radius 3 is 2.70 bits per heavy atom. The fraction of sp³-hybridized carbons (Fsp3) is 0.167. The Hall–Kier alpha value is -3.31. The van der Waals surface area contributed by atoms with Gasteiger partial charge in [0.1, 0.15) is 23.0 Å². The lowest BCUT2D eigenvalue weighted by Crippen LogP contribution is -2.25. The van der Waals surface area contributed by atoms with Gasteiger partial charge in [-0.2, -0.15) is 0 Å². The number of fused-ring (bicyclic) bond motifs is 2. The molecule has 0 aliphatic carbocycles. The summed E-state index contributed by atoms with van der Waals surface area (Å²) in [6.07, 6.45) is 2.01. The SMILES string of the molecule is COc1ccc2c(C3COc4cc(O)ccc4C3c3ccc(O)c(Cl)c3)c[nH]c2c1. The zero-order chi connectivity index (χ0) is 20.8. The van der Waals surface area contributed by atoms with Crippen LogP contribution >= 0.6 is 11.6 Å². The molecule has 0 spiro atoms. The molecule has 0 radical (unpaired) electrons. The Bertz CT molecular complexity index is 1250. The highest BCUT2D eigenvalue weighted by molar-refractivity contribution is 6.32. The van der Waals surface area contributed by atoms with Crippen molar-refractivity contribution in [1.82, 2.24) is 4.98 Å². The first-order valence-corrected chi connectivity index (χ1v) is 10.0. The Balaban J connectivity index is 1.68. The highest BCUT2D eigenvalue weighted by atomic mass is 35.5. The van der Waals surface area contributed by atoms with Gasteiger partial charge in [-0.05, 0) is 41.5 Å². The number of aromatic nitrogens is 1. The van der Waals surface area contributed by atoms with Crippen LogP contribution < -0.4 is 9.47 Å². The fourth-order valence-electron chi connectivity index (χ4n) is 4.36. The van der Waals surface area contributed by atoms with Crippen molar-refractivity contribution in [3.8, 4) is 23.0 Å². The number of rotatable bonds is 3. The number of halogens is 1. The minimum Gasteiger partial charge on any atom is -0.508 e. The molecule has 0 fully saturated rings. The van der Waals surface area contributed by atoms with E-state index in [0.29, 0.717) is 17.4 Å². The van der Waals surface area contributed by atoms with Crippen molar-refractivity contribution < 1.29 is 19.7 Å². The van der Waals surface area contributed by atoms with E-state index in [9.17, 15) is 10.2 Å². The van der Waals surface area contributed by atoms with E-state index < -0.39 is 0 Å². The Morgan fingerprint density at radius 1 is 1.03 bits per heavy atom. The molecule has 1 aromatic heterocycles. The van der Waals surface area contributed by atoms with Crippen molar-refractivity contribution in [3.05, 3.63) is 82.5 Å². The van der Waals surface area contributed by atoms with E-state index in [4.69, 9.17) is 21.1 Å². The monoisotopic (exact) mass is 421 g/mol. The van der Waals surface area contributed by atoms with Gasteiger partial charge in [0.2, 0.25) is 0 Å². The largest absolute Gasteiger partial charge is 0.508 e. The maximum Gasteiger partial charge on any atom is 0.134 e. The van der Waals surface area contributed by atoms with Crippen LogP contribution in [0.1, 0.15) is 28.5 Å². The van der Waals surface area contributed by atoms with E-state index in [-0.39, 0.29) is 23.3 Å². The summed E-state index contributed by atoms with van der Waals surface area (Å²) >= 11 is 6.25. The number of benzene rings is 3. The van der Waals surface area contributed by atoms with E-state index in [1.807, 2.05) is 36.5 Å². The molecule has 5 rings (SSSR count). The van der Waals surface area contributed by atoms with Gasteiger partial charge in [0.05, 0.1) is 18.7 Å². The second-order valence-corrected chi connectivity index (χ2v) is 7.89. The highest BCUT2D eigenvalue weighted by Crippen LogP contribution is 2.49. The third-order valence-corrected chi connectivity index (χ3v) is 6.11. The van der Waals surface area contributed by atoms with Crippen LogP contribution in [0.15, 0.2) is 60.8 Å². The quantitative estimate of drug-likeness (QED) is 0.405. The smallest absolute Gasteiger partial charge is 0.134 e. The Morgan fingerprint density at radius 2 is 1.90 bits per heavy atom. The maximum atomic E-state index is 9.92. The molecule has 2 unspecified atom stereocenters. The number of aromatic amines is 1. The molecular formula is C24H20ClNO4. The molecule has 2 heterocycles. The molecule has 3 N–H and O–H groups in total. The Kier molecular flexibility index (Phi) is 4.48. The number of phenols is 2. The topological polar surface area (TPSA) is 74.7 Å². The van der Waals surface area contributed by atoms with E-state index in [1.165, 1.54) is 0 Å². The van der Waals surface area contributed by atoms with Crippen LogP contribution in [0, 0.1) is 0 Å². The summed E-state index contributed by atoms with van der Waals surface area (Å²) < 4.78 is 11.4. The van der Waals surface area contributed by atoms with Gasteiger partial charge < -0.3 is 24.7 Å². The first-order chi connectivity index (χ1) is 14.5. The van der Waals surface area contributed by atoms with Crippen LogP contribution in [0.3, 0.4) is 0 Å². The molecule has 6 heteroatoms. The number of aromatic hydroxyl groups is 2. The molecular weight excluding hydrogens is 402 g/mol. The third-order valence-electron chi connectivity index (χ3n) is 5.80. The average Bonchev–Trinajstić information content (AvgIpc) is 3.17. The number of H-pyrrole nitrogens is 1. The molecule has 0 saturated heterocycles. The summed E-state index contributed by atoms with van der Waals surface area (Å²) in [5.74, 6) is 1.60. The number of phenolic OH excluding ortho intramolecular Hbond substituents is 2. The minimum atomic E-state index is -0.0615. The average molecular weight is 422 g/mol. The van der Waals surface area contributed by atoms with Crippen LogP contribution in [0.2, 0.25) is 5.02 Å². The first-order valence-electron chi connectivity index (χ1n) is 9.64. The fourth-order valence-corrected chi connectivity index (χ4v) is 4.55. The zero-order valence-corrected chi connectivity index (χ0v) is 17.0. The van der Waals surface area contributed by atoms with Crippen LogP contribution in [0.5, 0.6) is 23.0 Å². The summed E-state index contributed by atoms with van der Waals surface area (Å²) in [5.41, 5.74) is 4.05. The van der Waals surface area contributed by atoms with Gasteiger partial charge in [-0.1, -0.05) is 23.7 Å². The van der Waals surface area contributed by atoms with E-state index >= 15 is 0 Å². The molecule has 0 bridgehead atoms. The molecule has 4 aromatic rings. The van der Waals surface area contributed by atoms with E-state index in [1.54, 1.807) is 31.4 Å². The molecule has 2 atom stereocenters. The number of ether oxygens (including phenoxy) is 2. The van der Waals surface area contributed by atoms with Crippen molar-refractivity contribution in [2.24, 2.45) is 0 Å². The molecule has 152 valence electrons. The lowest BCUT2D eigenvalue weighted by Gasteiger charge is -2.34. The molecule has 3 aromatic carbocycles. The van der Waals surface area contributed by atoms with Crippen molar-refractivity contribution in [2.75, 3.05) is 13.7 Å². The second-order valence-electron chi connectivity index (χ2n) is 7.48. The number of methoxy groups -OCH3 is 1. The van der Waals surface area contributed by atoms with Crippen molar-refractivity contribution >= 4 is 22.5 Å². The molecule has 5 nitrogen and oxygen atoms in total. The molecule has 0 saturated carbocycles. The van der Waals surface area contributed by atoms with E-state index in [0.717, 1.165) is 33.3 Å². The summed E-state index contributed by atoms with van der Waals surface area (Å²) in [4.78, 5) is 3.34. The predicted octanol–water partition coefficient (Wildman–Crippen LogP) is 5.55. The maximum absolute atomic E-state index is 9.92. The van der Waals surface area contributed by atoms with Gasteiger partial charge in [0, 0.05) is 46.6 Å². The van der Waals surface area contributed by atoms with Gasteiger partial charge in [-0.25, -0.2) is 0 Å². The molecule has 1 aliphatic rings. The van der Waals surface area contributed by atoms with Gasteiger partial charge in [-0.3, -0.25) is 0 Å². The van der Waals surface area contributed by atoms with Gasteiger partial charge >= 0.3 is 0 Å². The van der Waals surface area contributed by atoms with Crippen LogP contribution in [0.25, 0.3) is 10.9 Å². The lowest BCUT2D eigenvalue weighted by atomic mass is 9.76. The summed E-state index contributed by atoms with van der Waals surface area (Å²) in [6.45, 7) is 0.443. The van der Waals surface area contributed by atoms with Crippen molar-refractivity contribution in [3.63, 3.8) is 0 Å². The predicted molar refractivity (Wildman–Crippen MR) is 116 cm³/mol. The molecule has 1 aliphatic heterocycles. The zero-order valence-electron chi connectivity index (χ0n) is 16.2. The summed E-state index contributed by atoms with van der Waals surface area (Å²) in [6, 6.07) is 16.5. The van der Waals surface area contributed by atoms with Gasteiger partial charge in [-0.15, -0.1) is 0 Å². The molecule has 0 amide bonds. The van der Waals surface area contributed by atoms with Crippen LogP contribution in [-0.2, 0) is 0 Å². The van der Waals surface area contributed by atoms with Crippen LogP contribution in [-0.4, -0.2) is 28.9 Å². The minimum absolute atomic E-state index is 0.00444. The van der Waals surface area contributed by atoms with Gasteiger partial charge in [0.25, 0.3) is 0 Å². The lowest BCUT2D eigenvalue weighted by molar-refractivity contribution is 0.248. The van der Waals surface area contributed by atoms with Crippen molar-refractivity contribution in [2.45, 2.75) is 11.8 Å². The standard InChI is InChI=1S/C24H20ClNO4/c1-29-15-4-6-16-18(11-26-21(16)10-15)19-12-30-23-9-14(27)3-5-17(23)24(19)13-2-7-22(28)20(25)8-13/h2-11,19,24,26-28H,12H2,1H3. The normalized spacial score (nSPS) is 18.1. The number of nitrogens with one attached hydrogen (secondary N) is 1. The summed E-state index contributed by atoms with van der Waals surface area (Å²) in [7, 11) is 1.65. The first kappa shape index (κ1) is 18.7. The molecule has 30 heavy (non-hydrogen) atoms. The number of hydrogen-bond donors (Lipinski definition) is 3. The third kappa shape index (κ3) is 3.02.